The molecule has 0 atom stereocenters. The number of hydrogen-bond acceptors (Lipinski definition) is 11. The van der Waals surface area contributed by atoms with Gasteiger partial charge in [-0.3, -0.25) is 19.0 Å². The lowest BCUT2D eigenvalue weighted by atomic mass is 10.1. The SMILES string of the molecule is COc1ccc(-n2c(=O)c3c(CN(C)C)c(-c4ccc(N(OC)C(=O)N(OC)C(N)=O)cc4)sc3n(Cc3c(F)cccc3F)c2=O)nn1. The number of carbonyl (C=O) groups excluding carboxylic acids is 2. The van der Waals surface area contributed by atoms with Gasteiger partial charge in [0.1, 0.15) is 16.5 Å². The molecule has 15 nitrogen and oxygen atoms in total. The van der Waals surface area contributed by atoms with Crippen LogP contribution in [0.1, 0.15) is 11.1 Å². The molecule has 256 valence electrons. The summed E-state index contributed by atoms with van der Waals surface area (Å²) in [7, 11) is 7.25. The number of amides is 4. The van der Waals surface area contributed by atoms with Crippen molar-refractivity contribution < 1.29 is 32.8 Å². The van der Waals surface area contributed by atoms with Crippen LogP contribution >= 0.6 is 11.3 Å². The molecule has 0 saturated carbocycles. The third-order valence-electron chi connectivity index (χ3n) is 7.27. The van der Waals surface area contributed by atoms with Gasteiger partial charge in [0.15, 0.2) is 5.82 Å². The molecule has 49 heavy (non-hydrogen) atoms. The normalized spacial score (nSPS) is 11.3. The van der Waals surface area contributed by atoms with E-state index in [1.54, 1.807) is 26.2 Å². The quantitative estimate of drug-likeness (QED) is 0.214. The van der Waals surface area contributed by atoms with E-state index >= 15 is 0 Å². The van der Waals surface area contributed by atoms with Crippen molar-refractivity contribution in [3.05, 3.63) is 98.2 Å². The van der Waals surface area contributed by atoms with E-state index in [0.717, 1.165) is 44.8 Å². The average Bonchev–Trinajstić information content (AvgIpc) is 3.44. The highest BCUT2D eigenvalue weighted by molar-refractivity contribution is 7.22. The summed E-state index contributed by atoms with van der Waals surface area (Å²) in [6.07, 6.45) is 0. The lowest BCUT2D eigenvalue weighted by Crippen LogP contribution is -2.47. The summed E-state index contributed by atoms with van der Waals surface area (Å²) in [6.45, 7) is -0.324. The van der Waals surface area contributed by atoms with Crippen LogP contribution in [0.3, 0.4) is 0 Å². The van der Waals surface area contributed by atoms with Crippen molar-refractivity contribution in [2.24, 2.45) is 5.73 Å². The summed E-state index contributed by atoms with van der Waals surface area (Å²) in [5.41, 5.74) is 4.50. The number of urea groups is 2. The summed E-state index contributed by atoms with van der Waals surface area (Å²) in [5, 5.41) is 9.09. The van der Waals surface area contributed by atoms with Crippen molar-refractivity contribution in [1.29, 1.82) is 0 Å². The smallest absolute Gasteiger partial charge is 0.381 e. The van der Waals surface area contributed by atoms with Gasteiger partial charge in [-0.05, 0) is 55.6 Å². The number of anilines is 1. The molecule has 0 bridgehead atoms. The topological polar surface area (TPSA) is 167 Å². The second-order valence-corrected chi connectivity index (χ2v) is 11.6. The number of hydrogen-bond donors (Lipinski definition) is 1. The molecule has 5 aromatic rings. The van der Waals surface area contributed by atoms with Crippen LogP contribution in [0, 0.1) is 11.6 Å². The highest BCUT2D eigenvalue weighted by Gasteiger charge is 2.29. The Morgan fingerprint density at radius 1 is 0.918 bits per heavy atom. The van der Waals surface area contributed by atoms with E-state index in [1.165, 1.54) is 44.6 Å². The maximum Gasteiger partial charge on any atom is 0.381 e. The zero-order valence-electron chi connectivity index (χ0n) is 26.8. The Balaban J connectivity index is 1.76. The highest BCUT2D eigenvalue weighted by atomic mass is 32.1. The second kappa shape index (κ2) is 14.3. The van der Waals surface area contributed by atoms with Crippen LogP contribution in [0.2, 0.25) is 0 Å². The fourth-order valence-corrected chi connectivity index (χ4v) is 6.38. The van der Waals surface area contributed by atoms with E-state index in [9.17, 15) is 28.0 Å². The van der Waals surface area contributed by atoms with Gasteiger partial charge in [0.2, 0.25) is 5.88 Å². The number of halogens is 2. The number of hydroxylamine groups is 3. The van der Waals surface area contributed by atoms with Crippen LogP contribution in [0.4, 0.5) is 24.1 Å². The van der Waals surface area contributed by atoms with Crippen molar-refractivity contribution >= 4 is 39.3 Å². The predicted octanol–water partition coefficient (Wildman–Crippen LogP) is 3.50. The molecule has 0 aliphatic heterocycles. The second-order valence-electron chi connectivity index (χ2n) is 10.6. The number of thiophene rings is 1. The third-order valence-corrected chi connectivity index (χ3v) is 8.57. The molecule has 3 heterocycles. The van der Waals surface area contributed by atoms with Gasteiger partial charge in [-0.15, -0.1) is 26.6 Å². The fourth-order valence-electron chi connectivity index (χ4n) is 5.08. The van der Waals surface area contributed by atoms with Crippen LogP contribution in [0.15, 0.2) is 64.2 Å². The molecule has 0 spiro atoms. The van der Waals surface area contributed by atoms with Crippen molar-refractivity contribution in [3.63, 3.8) is 0 Å². The first-order chi connectivity index (χ1) is 23.4. The van der Waals surface area contributed by atoms with Crippen LogP contribution in [0.5, 0.6) is 5.88 Å². The summed E-state index contributed by atoms with van der Waals surface area (Å²) in [4.78, 5) is 65.3. The molecule has 2 N–H and O–H groups in total. The Hall–Kier alpha value is -5.56. The first-order valence-corrected chi connectivity index (χ1v) is 15.1. The van der Waals surface area contributed by atoms with Crippen molar-refractivity contribution in [2.45, 2.75) is 13.1 Å². The summed E-state index contributed by atoms with van der Waals surface area (Å²) in [5.74, 6) is -1.73. The molecule has 0 radical (unpaired) electrons. The maximum atomic E-state index is 14.9. The molecule has 3 aromatic heterocycles. The molecule has 5 rings (SSSR count). The summed E-state index contributed by atoms with van der Waals surface area (Å²) in [6, 6.07) is 10.3. The van der Waals surface area contributed by atoms with Gasteiger partial charge in [-0.1, -0.05) is 18.2 Å². The number of nitrogens with zero attached hydrogens (tertiary/aromatic N) is 7. The number of nitrogens with two attached hydrogens (primary N) is 1. The third kappa shape index (κ3) is 6.61. The van der Waals surface area contributed by atoms with E-state index < -0.39 is 41.5 Å². The number of carbonyl (C=O) groups is 2. The van der Waals surface area contributed by atoms with E-state index in [0.29, 0.717) is 21.1 Å². The van der Waals surface area contributed by atoms with E-state index in [4.69, 9.17) is 20.1 Å². The van der Waals surface area contributed by atoms with Crippen LogP contribution in [-0.2, 0) is 22.8 Å². The van der Waals surface area contributed by atoms with Crippen LogP contribution in [0.25, 0.3) is 26.5 Å². The first-order valence-electron chi connectivity index (χ1n) is 14.3. The minimum atomic E-state index is -1.17. The van der Waals surface area contributed by atoms with Crippen molar-refractivity contribution in [3.8, 4) is 22.1 Å². The number of ether oxygens (including phenoxy) is 1. The average molecular weight is 697 g/mol. The van der Waals surface area contributed by atoms with Gasteiger partial charge >= 0.3 is 17.8 Å². The van der Waals surface area contributed by atoms with Crippen LogP contribution in [-0.4, -0.2) is 76.8 Å². The Morgan fingerprint density at radius 2 is 1.59 bits per heavy atom. The number of aromatic nitrogens is 4. The molecule has 2 aromatic carbocycles. The minimum absolute atomic E-state index is 0.123. The predicted molar refractivity (Wildman–Crippen MR) is 175 cm³/mol. The molecule has 0 unspecified atom stereocenters. The standard InChI is InChI=1S/C31H30F2N8O7S/c1-37(2)15-20-25-27(42)39(23-13-14-24(46-3)36-35-23)30(44)38(16-19-21(32)7-6-8-22(19)33)28(25)49-26(20)17-9-11-18(12-10-17)40(47-4)31(45)41(48-5)29(34)43/h6-14H,15-16H2,1-5H3,(H2,34,43). The van der Waals surface area contributed by atoms with Gasteiger partial charge in [0, 0.05) is 23.1 Å². The first kappa shape index (κ1) is 34.8. The summed E-state index contributed by atoms with van der Waals surface area (Å²) >= 11 is 1.07. The summed E-state index contributed by atoms with van der Waals surface area (Å²) < 4.78 is 36.9. The Bertz CT molecular complexity index is 2130. The largest absolute Gasteiger partial charge is 0.480 e. The van der Waals surface area contributed by atoms with Gasteiger partial charge in [-0.2, -0.15) is 5.06 Å². The number of fused-ring (bicyclic) bond motifs is 1. The Morgan fingerprint density at radius 3 is 2.12 bits per heavy atom. The molecular weight excluding hydrogens is 666 g/mol. The van der Waals surface area contributed by atoms with Gasteiger partial charge < -0.3 is 15.4 Å². The fraction of sp³-hybridized carbons (Fsp3) is 0.226. The lowest BCUT2D eigenvalue weighted by Gasteiger charge is -2.24. The molecule has 0 saturated heterocycles. The van der Waals surface area contributed by atoms with Gasteiger partial charge in [0.25, 0.3) is 5.56 Å². The number of benzene rings is 2. The van der Waals surface area contributed by atoms with E-state index in [-0.39, 0.29) is 39.7 Å². The Labute approximate surface area is 280 Å². The van der Waals surface area contributed by atoms with Gasteiger partial charge in [-0.25, -0.2) is 27.7 Å². The number of methoxy groups -OCH3 is 1. The zero-order chi connectivity index (χ0) is 35.6. The zero-order valence-corrected chi connectivity index (χ0v) is 27.7. The Kier molecular flexibility index (Phi) is 10.1. The minimum Gasteiger partial charge on any atom is -0.480 e. The molecule has 18 heteroatoms. The molecule has 0 fully saturated rings. The highest BCUT2D eigenvalue weighted by Crippen LogP contribution is 2.39. The number of primary amides is 1. The molecule has 0 aliphatic rings. The van der Waals surface area contributed by atoms with Crippen molar-refractivity contribution in [2.75, 3.05) is 40.5 Å². The molecule has 0 aliphatic carbocycles. The van der Waals surface area contributed by atoms with E-state index in [2.05, 4.69) is 10.2 Å². The maximum absolute atomic E-state index is 14.9. The molecular formula is C31H30F2N8O7S. The van der Waals surface area contributed by atoms with Crippen molar-refractivity contribution in [1.82, 2.24) is 29.3 Å². The number of imide groups is 1. The lowest BCUT2D eigenvalue weighted by molar-refractivity contribution is -0.0492. The van der Waals surface area contributed by atoms with Crippen LogP contribution < -0.4 is 26.8 Å². The van der Waals surface area contributed by atoms with E-state index in [1.807, 2.05) is 4.90 Å². The molecule has 4 amide bonds. The monoisotopic (exact) mass is 696 g/mol. The number of rotatable bonds is 10. The van der Waals surface area contributed by atoms with Gasteiger partial charge in [0.05, 0.1) is 38.9 Å².